The number of thioether (sulfide) groups is 1. The molecule has 1 aromatic heterocycles. The van der Waals surface area contributed by atoms with Crippen LogP contribution in [-0.4, -0.2) is 32.3 Å². The summed E-state index contributed by atoms with van der Waals surface area (Å²) in [5.74, 6) is 0.946. The van der Waals surface area contributed by atoms with E-state index in [1.165, 1.54) is 11.8 Å². The van der Waals surface area contributed by atoms with Gasteiger partial charge < -0.3 is 15.2 Å². The molecule has 3 aromatic rings. The zero-order valence-electron chi connectivity index (χ0n) is 18.9. The van der Waals surface area contributed by atoms with Crippen molar-refractivity contribution in [2.45, 2.75) is 51.9 Å². The number of hydrogen-bond acceptors (Lipinski definition) is 5. The third kappa shape index (κ3) is 5.97. The minimum atomic E-state index is -0.156. The van der Waals surface area contributed by atoms with E-state index in [1.807, 2.05) is 60.9 Å². The molecule has 2 aromatic carbocycles. The third-order valence-corrected chi connectivity index (χ3v) is 5.95. The van der Waals surface area contributed by atoms with Gasteiger partial charge in [0.1, 0.15) is 0 Å². The maximum Gasteiger partial charge on any atom is 0.251 e. The lowest BCUT2D eigenvalue weighted by Crippen LogP contribution is -2.25. The van der Waals surface area contributed by atoms with Gasteiger partial charge in [-0.25, -0.2) is 0 Å². The highest BCUT2D eigenvalue weighted by molar-refractivity contribution is 7.99. The Kier molecular flexibility index (Phi) is 8.05. The summed E-state index contributed by atoms with van der Waals surface area (Å²) < 4.78 is 1.91. The number of aryl methyl sites for hydroxylation is 1. The van der Waals surface area contributed by atoms with Gasteiger partial charge in [0.25, 0.3) is 5.91 Å². The summed E-state index contributed by atoms with van der Waals surface area (Å²) >= 11 is 1.33. The smallest absolute Gasteiger partial charge is 0.251 e. The van der Waals surface area contributed by atoms with Crippen molar-refractivity contribution in [1.29, 1.82) is 0 Å². The first-order chi connectivity index (χ1) is 15.4. The number of anilines is 1. The van der Waals surface area contributed by atoms with Crippen LogP contribution >= 0.6 is 11.8 Å². The highest BCUT2D eigenvalue weighted by Gasteiger charge is 2.15. The minimum absolute atomic E-state index is 0.0944. The monoisotopic (exact) mass is 451 g/mol. The molecule has 0 aliphatic carbocycles. The van der Waals surface area contributed by atoms with Gasteiger partial charge in [-0.2, -0.15) is 0 Å². The van der Waals surface area contributed by atoms with Crippen molar-refractivity contribution in [2.75, 3.05) is 11.1 Å². The van der Waals surface area contributed by atoms with Crippen LogP contribution in [0.3, 0.4) is 0 Å². The Balaban J connectivity index is 1.59. The van der Waals surface area contributed by atoms with Gasteiger partial charge in [0.15, 0.2) is 11.0 Å². The molecule has 0 aliphatic rings. The van der Waals surface area contributed by atoms with Crippen molar-refractivity contribution in [1.82, 2.24) is 20.1 Å². The van der Waals surface area contributed by atoms with Crippen molar-refractivity contribution >= 4 is 29.3 Å². The number of amides is 2. The third-order valence-electron chi connectivity index (χ3n) is 4.99. The van der Waals surface area contributed by atoms with Crippen LogP contribution in [0.2, 0.25) is 0 Å². The Hall–Kier alpha value is -3.13. The Labute approximate surface area is 193 Å². The van der Waals surface area contributed by atoms with Gasteiger partial charge in [-0.1, -0.05) is 61.5 Å². The van der Waals surface area contributed by atoms with Gasteiger partial charge in [-0.3, -0.25) is 9.59 Å². The lowest BCUT2D eigenvalue weighted by molar-refractivity contribution is -0.113. The number of nitrogens with zero attached hydrogens (tertiary/aromatic N) is 3. The molecule has 0 spiro atoms. The Morgan fingerprint density at radius 3 is 2.59 bits per heavy atom. The molecule has 0 aliphatic heterocycles. The molecule has 0 atom stereocenters. The Bertz CT molecular complexity index is 1090. The summed E-state index contributed by atoms with van der Waals surface area (Å²) in [5.41, 5.74) is 3.58. The fourth-order valence-electron chi connectivity index (χ4n) is 3.35. The van der Waals surface area contributed by atoms with Gasteiger partial charge in [0, 0.05) is 17.8 Å². The predicted molar refractivity (Wildman–Crippen MR) is 128 cm³/mol. The number of nitrogens with one attached hydrogen (secondary N) is 2. The van der Waals surface area contributed by atoms with E-state index in [0.717, 1.165) is 16.8 Å². The van der Waals surface area contributed by atoms with E-state index < -0.39 is 0 Å². The molecular formula is C24H29N5O2S. The number of hydrogen-bond donors (Lipinski definition) is 2. The molecule has 2 N–H and O–H groups in total. The lowest BCUT2D eigenvalue weighted by atomic mass is 10.0. The first-order valence-corrected chi connectivity index (χ1v) is 11.7. The van der Waals surface area contributed by atoms with E-state index in [0.29, 0.717) is 29.0 Å². The summed E-state index contributed by atoms with van der Waals surface area (Å²) in [4.78, 5) is 24.9. The van der Waals surface area contributed by atoms with Crippen molar-refractivity contribution in [3.8, 4) is 0 Å². The molecule has 0 saturated heterocycles. The summed E-state index contributed by atoms with van der Waals surface area (Å²) in [5, 5.41) is 15.0. The highest BCUT2D eigenvalue weighted by Crippen LogP contribution is 2.24. The van der Waals surface area contributed by atoms with E-state index in [2.05, 4.69) is 34.7 Å². The molecule has 32 heavy (non-hydrogen) atoms. The summed E-state index contributed by atoms with van der Waals surface area (Å²) in [6.07, 6.45) is 0. The molecule has 8 heteroatoms. The Morgan fingerprint density at radius 1 is 1.09 bits per heavy atom. The zero-order valence-corrected chi connectivity index (χ0v) is 19.7. The Morgan fingerprint density at radius 2 is 1.88 bits per heavy atom. The van der Waals surface area contributed by atoms with Crippen LogP contribution in [-0.2, 0) is 17.9 Å². The second kappa shape index (κ2) is 10.9. The lowest BCUT2D eigenvalue weighted by Gasteiger charge is -2.13. The molecular weight excluding hydrogens is 422 g/mol. The molecule has 168 valence electrons. The van der Waals surface area contributed by atoms with Crippen LogP contribution in [0.15, 0.2) is 53.7 Å². The zero-order chi connectivity index (χ0) is 23.1. The van der Waals surface area contributed by atoms with Crippen LogP contribution in [0.25, 0.3) is 0 Å². The van der Waals surface area contributed by atoms with Gasteiger partial charge in [0.05, 0.1) is 12.3 Å². The topological polar surface area (TPSA) is 88.9 Å². The fraction of sp³-hybridized carbons (Fsp3) is 0.333. The molecule has 0 saturated carbocycles. The van der Waals surface area contributed by atoms with Crippen LogP contribution < -0.4 is 10.6 Å². The summed E-state index contributed by atoms with van der Waals surface area (Å²) in [6.45, 7) is 9.04. The average Bonchev–Trinajstić information content (AvgIpc) is 3.18. The maximum atomic E-state index is 12.5. The number of benzene rings is 2. The number of carbonyl (C=O) groups is 2. The van der Waals surface area contributed by atoms with Crippen LogP contribution in [0.1, 0.15) is 54.0 Å². The molecule has 1 heterocycles. The fourth-order valence-corrected chi connectivity index (χ4v) is 4.17. The molecule has 0 bridgehead atoms. The largest absolute Gasteiger partial charge is 0.345 e. The highest BCUT2D eigenvalue weighted by atomic mass is 32.2. The van der Waals surface area contributed by atoms with E-state index in [1.54, 1.807) is 6.07 Å². The molecule has 0 unspecified atom stereocenters. The molecule has 3 rings (SSSR count). The SMILES string of the molecule is CCn1c(CNC(=O)c2cccc(C)c2)nnc1SCC(=O)Nc1ccccc1C(C)C. The van der Waals surface area contributed by atoms with Crippen LogP contribution in [0.5, 0.6) is 0 Å². The summed E-state index contributed by atoms with van der Waals surface area (Å²) in [6, 6.07) is 15.3. The normalized spacial score (nSPS) is 10.9. The van der Waals surface area contributed by atoms with Gasteiger partial charge in [0.2, 0.25) is 5.91 Å². The van der Waals surface area contributed by atoms with Crippen LogP contribution in [0, 0.1) is 6.92 Å². The average molecular weight is 452 g/mol. The molecule has 0 fully saturated rings. The van der Waals surface area contributed by atoms with Crippen LogP contribution in [0.4, 0.5) is 5.69 Å². The van der Waals surface area contributed by atoms with Crippen molar-refractivity contribution in [2.24, 2.45) is 0 Å². The minimum Gasteiger partial charge on any atom is -0.345 e. The predicted octanol–water partition coefficient (Wildman–Crippen LogP) is 4.39. The number of para-hydroxylation sites is 1. The van der Waals surface area contributed by atoms with Gasteiger partial charge >= 0.3 is 0 Å². The van der Waals surface area contributed by atoms with E-state index in [9.17, 15) is 9.59 Å². The number of carbonyl (C=O) groups excluding carboxylic acids is 2. The van der Waals surface area contributed by atoms with E-state index in [4.69, 9.17) is 0 Å². The summed E-state index contributed by atoms with van der Waals surface area (Å²) in [7, 11) is 0. The molecule has 2 amide bonds. The second-order valence-corrected chi connectivity index (χ2v) is 8.72. The van der Waals surface area contributed by atoms with Crippen molar-refractivity contribution < 1.29 is 9.59 Å². The second-order valence-electron chi connectivity index (χ2n) is 7.77. The van der Waals surface area contributed by atoms with Gasteiger partial charge in [-0.05, 0) is 43.5 Å². The first-order valence-electron chi connectivity index (χ1n) is 10.7. The number of rotatable bonds is 9. The molecule has 0 radical (unpaired) electrons. The van der Waals surface area contributed by atoms with Gasteiger partial charge in [-0.15, -0.1) is 10.2 Å². The number of aromatic nitrogens is 3. The van der Waals surface area contributed by atoms with Crippen molar-refractivity contribution in [3.63, 3.8) is 0 Å². The van der Waals surface area contributed by atoms with Crippen molar-refractivity contribution in [3.05, 3.63) is 71.0 Å². The standard InChI is InChI=1S/C24H29N5O2S/c1-5-29-21(14-25-23(31)18-10-8-9-17(4)13-18)27-28-24(29)32-15-22(30)26-20-12-7-6-11-19(20)16(2)3/h6-13,16H,5,14-15H2,1-4H3,(H,25,31)(H,26,30). The quantitative estimate of drug-likeness (QED) is 0.471. The van der Waals surface area contributed by atoms with E-state index >= 15 is 0 Å². The molecule has 7 nitrogen and oxygen atoms in total. The maximum absolute atomic E-state index is 12.5. The first kappa shape index (κ1) is 23.5. The van der Waals surface area contributed by atoms with E-state index in [-0.39, 0.29) is 24.1 Å².